The number of nitrogens with zero attached hydrogens (tertiary/aromatic N) is 2. The lowest BCUT2D eigenvalue weighted by Crippen LogP contribution is -2.28. The molecule has 0 amide bonds. The van der Waals surface area contributed by atoms with Crippen molar-refractivity contribution in [3.05, 3.63) is 55.1 Å². The number of anilines is 1. The van der Waals surface area contributed by atoms with E-state index in [4.69, 9.17) is 34.8 Å². The normalized spacial score (nSPS) is 21.0. The standard InChI is InChI=1S/C17H16BrCl3N2/c1-10-12(18)3-4-15(22-10)23-6-5-17(2,9-23)11-7-13(19)16(21)14(20)8-11/h3-4,7-8H,5-6,9H2,1-2H3. The number of benzene rings is 1. The monoisotopic (exact) mass is 432 g/mol. The summed E-state index contributed by atoms with van der Waals surface area (Å²) in [7, 11) is 0. The minimum atomic E-state index is -0.0273. The number of halogens is 4. The van der Waals surface area contributed by atoms with Gasteiger partial charge in [0.15, 0.2) is 0 Å². The fraction of sp³-hybridized carbons (Fsp3) is 0.353. The molecule has 0 saturated carbocycles. The molecule has 0 radical (unpaired) electrons. The summed E-state index contributed by atoms with van der Waals surface area (Å²) in [5.74, 6) is 1.00. The van der Waals surface area contributed by atoms with Crippen LogP contribution in [0.5, 0.6) is 0 Å². The maximum absolute atomic E-state index is 6.20. The molecule has 1 unspecified atom stereocenters. The molecule has 1 aliphatic heterocycles. The van der Waals surface area contributed by atoms with Crippen LogP contribution in [0, 0.1) is 6.92 Å². The molecule has 2 heterocycles. The van der Waals surface area contributed by atoms with E-state index in [0.29, 0.717) is 15.1 Å². The van der Waals surface area contributed by atoms with Gasteiger partial charge >= 0.3 is 0 Å². The summed E-state index contributed by atoms with van der Waals surface area (Å²) in [4.78, 5) is 6.97. The summed E-state index contributed by atoms with van der Waals surface area (Å²) in [6.45, 7) is 6.05. The Morgan fingerprint density at radius 3 is 2.43 bits per heavy atom. The van der Waals surface area contributed by atoms with E-state index < -0.39 is 0 Å². The Morgan fingerprint density at radius 1 is 1.17 bits per heavy atom. The highest BCUT2D eigenvalue weighted by Crippen LogP contribution is 2.41. The van der Waals surface area contributed by atoms with Crippen molar-refractivity contribution in [1.29, 1.82) is 0 Å². The predicted octanol–water partition coefficient (Wildman–Crippen LogP) is 6.28. The van der Waals surface area contributed by atoms with E-state index in [0.717, 1.165) is 41.1 Å². The van der Waals surface area contributed by atoms with Gasteiger partial charge in [0.2, 0.25) is 0 Å². The van der Waals surface area contributed by atoms with E-state index in [-0.39, 0.29) is 5.41 Å². The Kier molecular flexibility index (Phi) is 4.85. The minimum Gasteiger partial charge on any atom is -0.356 e. The second kappa shape index (κ2) is 6.44. The maximum atomic E-state index is 6.20. The summed E-state index contributed by atoms with van der Waals surface area (Å²) in [5, 5.41) is 1.43. The van der Waals surface area contributed by atoms with Crippen molar-refractivity contribution in [2.24, 2.45) is 0 Å². The van der Waals surface area contributed by atoms with Gasteiger partial charge in [-0.1, -0.05) is 41.7 Å². The van der Waals surface area contributed by atoms with Gasteiger partial charge in [-0.15, -0.1) is 0 Å². The van der Waals surface area contributed by atoms with Gasteiger partial charge in [0.25, 0.3) is 0 Å². The Balaban J connectivity index is 1.89. The molecule has 23 heavy (non-hydrogen) atoms. The molecule has 1 fully saturated rings. The molecular weight excluding hydrogens is 418 g/mol. The molecule has 3 rings (SSSR count). The zero-order valence-corrected chi connectivity index (χ0v) is 16.7. The van der Waals surface area contributed by atoms with Gasteiger partial charge in [-0.25, -0.2) is 4.98 Å². The molecule has 1 aromatic carbocycles. The number of hydrogen-bond donors (Lipinski definition) is 0. The van der Waals surface area contributed by atoms with Gasteiger partial charge in [-0.3, -0.25) is 0 Å². The fourth-order valence-electron chi connectivity index (χ4n) is 3.00. The molecule has 0 aliphatic carbocycles. The van der Waals surface area contributed by atoms with Crippen LogP contribution in [0.1, 0.15) is 24.6 Å². The van der Waals surface area contributed by atoms with Crippen LogP contribution >= 0.6 is 50.7 Å². The molecule has 1 atom stereocenters. The highest BCUT2D eigenvalue weighted by atomic mass is 79.9. The molecule has 0 bridgehead atoms. The summed E-state index contributed by atoms with van der Waals surface area (Å²) in [6.07, 6.45) is 1.01. The molecule has 1 aliphatic rings. The van der Waals surface area contributed by atoms with E-state index in [2.05, 4.69) is 32.7 Å². The lowest BCUT2D eigenvalue weighted by atomic mass is 9.82. The third kappa shape index (κ3) is 3.34. The van der Waals surface area contributed by atoms with Gasteiger partial charge < -0.3 is 4.90 Å². The maximum Gasteiger partial charge on any atom is 0.128 e. The van der Waals surface area contributed by atoms with Crippen molar-refractivity contribution in [3.63, 3.8) is 0 Å². The van der Waals surface area contributed by atoms with Gasteiger partial charge in [0, 0.05) is 23.0 Å². The number of hydrogen-bond acceptors (Lipinski definition) is 2. The van der Waals surface area contributed by atoms with Crippen LogP contribution < -0.4 is 4.90 Å². The molecule has 122 valence electrons. The Morgan fingerprint density at radius 2 is 1.83 bits per heavy atom. The van der Waals surface area contributed by atoms with Crippen molar-refractivity contribution >= 4 is 56.6 Å². The second-order valence-electron chi connectivity index (χ2n) is 6.22. The van der Waals surface area contributed by atoms with Crippen LogP contribution in [-0.2, 0) is 5.41 Å². The van der Waals surface area contributed by atoms with Crippen molar-refractivity contribution in [2.75, 3.05) is 18.0 Å². The fourth-order valence-corrected chi connectivity index (χ4v) is 3.82. The lowest BCUT2D eigenvalue weighted by Gasteiger charge is -2.26. The number of pyridine rings is 1. The Hall–Kier alpha value is -0.480. The van der Waals surface area contributed by atoms with Crippen molar-refractivity contribution in [1.82, 2.24) is 4.98 Å². The molecule has 0 spiro atoms. The third-order valence-electron chi connectivity index (χ3n) is 4.48. The molecule has 1 aromatic heterocycles. The average molecular weight is 435 g/mol. The zero-order valence-electron chi connectivity index (χ0n) is 12.8. The van der Waals surface area contributed by atoms with E-state index in [1.54, 1.807) is 0 Å². The van der Waals surface area contributed by atoms with Gasteiger partial charge in [0.1, 0.15) is 5.82 Å². The third-order valence-corrected chi connectivity index (χ3v) is 6.52. The summed E-state index contributed by atoms with van der Waals surface area (Å²) < 4.78 is 1.03. The zero-order chi connectivity index (χ0) is 16.8. The van der Waals surface area contributed by atoms with Crippen LogP contribution in [0.4, 0.5) is 5.82 Å². The summed E-state index contributed by atoms with van der Waals surface area (Å²) in [6, 6.07) is 7.95. The van der Waals surface area contributed by atoms with Crippen LogP contribution in [0.15, 0.2) is 28.7 Å². The van der Waals surface area contributed by atoms with Crippen LogP contribution in [0.3, 0.4) is 0 Å². The van der Waals surface area contributed by atoms with Crippen molar-refractivity contribution in [2.45, 2.75) is 25.7 Å². The van der Waals surface area contributed by atoms with Crippen LogP contribution in [-0.4, -0.2) is 18.1 Å². The molecule has 0 N–H and O–H groups in total. The predicted molar refractivity (Wildman–Crippen MR) is 102 cm³/mol. The van der Waals surface area contributed by atoms with Crippen molar-refractivity contribution in [3.8, 4) is 0 Å². The molecule has 2 aromatic rings. The molecule has 2 nitrogen and oxygen atoms in total. The van der Waals surface area contributed by atoms with Crippen LogP contribution in [0.25, 0.3) is 0 Å². The number of rotatable bonds is 2. The van der Waals surface area contributed by atoms with Gasteiger partial charge in [-0.05, 0) is 59.1 Å². The van der Waals surface area contributed by atoms with Crippen LogP contribution in [0.2, 0.25) is 15.1 Å². The highest BCUT2D eigenvalue weighted by Gasteiger charge is 2.36. The van der Waals surface area contributed by atoms with E-state index >= 15 is 0 Å². The Labute approximate surface area is 159 Å². The first kappa shape index (κ1) is 17.3. The topological polar surface area (TPSA) is 16.1 Å². The molecule has 6 heteroatoms. The molecular formula is C17H16BrCl3N2. The largest absolute Gasteiger partial charge is 0.356 e. The highest BCUT2D eigenvalue weighted by molar-refractivity contribution is 9.10. The van der Waals surface area contributed by atoms with E-state index in [1.165, 1.54) is 0 Å². The Bertz CT molecular complexity index is 742. The lowest BCUT2D eigenvalue weighted by molar-refractivity contribution is 0.531. The average Bonchev–Trinajstić information content (AvgIpc) is 2.91. The number of aryl methyl sites for hydroxylation is 1. The number of aromatic nitrogens is 1. The van der Waals surface area contributed by atoms with Gasteiger partial charge in [-0.2, -0.15) is 0 Å². The smallest absolute Gasteiger partial charge is 0.128 e. The van der Waals surface area contributed by atoms with Crippen molar-refractivity contribution < 1.29 is 0 Å². The summed E-state index contributed by atoms with van der Waals surface area (Å²) in [5.41, 5.74) is 2.09. The first-order chi connectivity index (χ1) is 10.8. The minimum absolute atomic E-state index is 0.0273. The quantitative estimate of drug-likeness (QED) is 0.517. The molecule has 1 saturated heterocycles. The summed E-state index contributed by atoms with van der Waals surface area (Å²) >= 11 is 22.0. The first-order valence-corrected chi connectivity index (χ1v) is 9.26. The van der Waals surface area contributed by atoms with E-state index in [9.17, 15) is 0 Å². The second-order valence-corrected chi connectivity index (χ2v) is 8.27. The van der Waals surface area contributed by atoms with Gasteiger partial charge in [0.05, 0.1) is 20.8 Å². The van der Waals surface area contributed by atoms with E-state index in [1.807, 2.05) is 31.2 Å². The SMILES string of the molecule is Cc1nc(N2CCC(C)(c3cc(Cl)c(Cl)c(Cl)c3)C2)ccc1Br. The first-order valence-electron chi connectivity index (χ1n) is 7.33.